The molecule has 1 aromatic rings. The van der Waals surface area contributed by atoms with Gasteiger partial charge in [-0.15, -0.1) is 0 Å². The highest BCUT2D eigenvalue weighted by molar-refractivity contribution is 5.87. The van der Waals surface area contributed by atoms with Crippen molar-refractivity contribution in [1.82, 2.24) is 0 Å². The summed E-state index contributed by atoms with van der Waals surface area (Å²) in [4.78, 5) is 35.5. The lowest BCUT2D eigenvalue weighted by molar-refractivity contribution is -0.182. The Labute approximate surface area is 186 Å². The Morgan fingerprint density at radius 3 is 1.81 bits per heavy atom. The summed E-state index contributed by atoms with van der Waals surface area (Å²) in [6.07, 6.45) is 11.8. The number of carboxylic acids is 2. The van der Waals surface area contributed by atoms with E-state index in [0.29, 0.717) is 12.0 Å². The predicted molar refractivity (Wildman–Crippen MR) is 120 cm³/mol. The van der Waals surface area contributed by atoms with Gasteiger partial charge in [0.1, 0.15) is 0 Å². The molecule has 0 bridgehead atoms. The van der Waals surface area contributed by atoms with E-state index in [1.807, 2.05) is 0 Å². The molecule has 0 aliphatic carbocycles. The largest absolute Gasteiger partial charge is 0.481 e. The maximum atomic E-state index is 12.3. The van der Waals surface area contributed by atoms with Gasteiger partial charge in [-0.1, -0.05) is 101 Å². The molecule has 0 aliphatic rings. The number of hydrogen-bond acceptors (Lipinski definition) is 4. The molecule has 0 aliphatic heterocycles. The van der Waals surface area contributed by atoms with E-state index in [0.717, 1.165) is 19.3 Å². The Morgan fingerprint density at radius 1 is 0.806 bits per heavy atom. The molecule has 0 aromatic heterocycles. The summed E-state index contributed by atoms with van der Waals surface area (Å²) in [5.41, 5.74) is -1.49. The minimum Gasteiger partial charge on any atom is -0.481 e. The molecule has 0 amide bonds. The molecule has 6 heteroatoms. The maximum absolute atomic E-state index is 12.3. The lowest BCUT2D eigenvalue weighted by atomic mass is 9.90. The summed E-state index contributed by atoms with van der Waals surface area (Å²) in [5, 5.41) is 18.9. The Balaban J connectivity index is 2.40. The lowest BCUT2D eigenvalue weighted by Gasteiger charge is -2.28. The molecular weight excluding hydrogens is 396 g/mol. The number of aliphatic carboxylic acids is 2. The molecule has 31 heavy (non-hydrogen) atoms. The fourth-order valence-corrected chi connectivity index (χ4v) is 3.70. The Morgan fingerprint density at radius 2 is 1.32 bits per heavy atom. The summed E-state index contributed by atoms with van der Waals surface area (Å²) in [5.74, 6) is -3.41. The molecule has 0 heterocycles. The van der Waals surface area contributed by atoms with Gasteiger partial charge in [-0.25, -0.2) is 4.79 Å². The first-order valence-electron chi connectivity index (χ1n) is 11.6. The van der Waals surface area contributed by atoms with E-state index < -0.39 is 29.9 Å². The molecule has 0 saturated carbocycles. The molecule has 1 atom stereocenters. The second-order valence-corrected chi connectivity index (χ2v) is 8.29. The highest BCUT2D eigenvalue weighted by atomic mass is 16.6. The van der Waals surface area contributed by atoms with Crippen molar-refractivity contribution in [2.75, 3.05) is 0 Å². The van der Waals surface area contributed by atoms with E-state index >= 15 is 0 Å². The van der Waals surface area contributed by atoms with Gasteiger partial charge in [0.2, 0.25) is 5.60 Å². The van der Waals surface area contributed by atoms with E-state index in [-0.39, 0.29) is 12.8 Å². The maximum Gasteiger partial charge on any atom is 0.349 e. The fourth-order valence-electron chi connectivity index (χ4n) is 3.70. The zero-order valence-corrected chi connectivity index (χ0v) is 18.8. The first-order valence-corrected chi connectivity index (χ1v) is 11.6. The molecule has 6 nitrogen and oxygen atoms in total. The number of hydrogen-bond donors (Lipinski definition) is 2. The van der Waals surface area contributed by atoms with Gasteiger partial charge in [0.15, 0.2) is 0 Å². The Hall–Kier alpha value is -2.37. The van der Waals surface area contributed by atoms with Gasteiger partial charge in [-0.2, -0.15) is 0 Å². The highest BCUT2D eigenvalue weighted by Gasteiger charge is 2.45. The standard InChI is InChI=1S/C25H38O6/c1-2-3-4-5-6-7-8-9-10-11-15-18-23(28)31-25(24(29)30,20-22(26)27)19-21-16-13-12-14-17-21/h12-14,16-17H,2-11,15,18-20H2,1H3,(H,26,27)(H,29,30). The van der Waals surface area contributed by atoms with Gasteiger partial charge in [0.05, 0.1) is 6.42 Å². The van der Waals surface area contributed by atoms with Gasteiger partial charge in [-0.05, 0) is 12.0 Å². The summed E-state index contributed by atoms with van der Waals surface area (Å²) in [7, 11) is 0. The first kappa shape index (κ1) is 26.7. The van der Waals surface area contributed by atoms with Crippen LogP contribution in [0.4, 0.5) is 0 Å². The minimum absolute atomic E-state index is 0.0977. The van der Waals surface area contributed by atoms with Crippen molar-refractivity contribution in [2.45, 2.75) is 102 Å². The number of carbonyl (C=O) groups is 3. The van der Waals surface area contributed by atoms with Crippen molar-refractivity contribution in [3.63, 3.8) is 0 Å². The zero-order valence-electron chi connectivity index (χ0n) is 18.8. The minimum atomic E-state index is -2.10. The van der Waals surface area contributed by atoms with Crippen molar-refractivity contribution >= 4 is 17.9 Å². The molecule has 1 aromatic carbocycles. The van der Waals surface area contributed by atoms with Crippen LogP contribution in [0.25, 0.3) is 0 Å². The summed E-state index contributed by atoms with van der Waals surface area (Å²) < 4.78 is 5.29. The van der Waals surface area contributed by atoms with Crippen molar-refractivity contribution in [1.29, 1.82) is 0 Å². The number of esters is 1. The number of rotatable bonds is 18. The number of ether oxygens (including phenoxy) is 1. The second kappa shape index (κ2) is 15.4. The third-order valence-corrected chi connectivity index (χ3v) is 5.45. The van der Waals surface area contributed by atoms with Crippen LogP contribution < -0.4 is 0 Å². The van der Waals surface area contributed by atoms with Crippen molar-refractivity contribution in [2.24, 2.45) is 0 Å². The smallest absolute Gasteiger partial charge is 0.349 e. The average molecular weight is 435 g/mol. The molecule has 2 N–H and O–H groups in total. The summed E-state index contributed by atoms with van der Waals surface area (Å²) >= 11 is 0. The van der Waals surface area contributed by atoms with Crippen LogP contribution in [-0.4, -0.2) is 33.7 Å². The summed E-state index contributed by atoms with van der Waals surface area (Å²) in [6, 6.07) is 8.63. The number of benzene rings is 1. The van der Waals surface area contributed by atoms with E-state index in [1.54, 1.807) is 30.3 Å². The van der Waals surface area contributed by atoms with Crippen molar-refractivity contribution in [3.05, 3.63) is 35.9 Å². The second-order valence-electron chi connectivity index (χ2n) is 8.29. The molecule has 0 radical (unpaired) electrons. The number of unbranched alkanes of at least 4 members (excludes halogenated alkanes) is 10. The molecule has 174 valence electrons. The van der Waals surface area contributed by atoms with Crippen molar-refractivity contribution < 1.29 is 29.3 Å². The van der Waals surface area contributed by atoms with Gasteiger partial charge in [0.25, 0.3) is 0 Å². The van der Waals surface area contributed by atoms with Crippen LogP contribution in [0.1, 0.15) is 96.0 Å². The van der Waals surface area contributed by atoms with Gasteiger partial charge < -0.3 is 14.9 Å². The van der Waals surface area contributed by atoms with Crippen LogP contribution in [0, 0.1) is 0 Å². The first-order chi connectivity index (χ1) is 14.9. The van der Waals surface area contributed by atoms with E-state index in [1.165, 1.54) is 44.9 Å². The third kappa shape index (κ3) is 11.6. The van der Waals surface area contributed by atoms with E-state index in [2.05, 4.69) is 6.92 Å². The Bertz CT molecular complexity index is 657. The van der Waals surface area contributed by atoms with Crippen LogP contribution >= 0.6 is 0 Å². The van der Waals surface area contributed by atoms with Crippen LogP contribution in [0.15, 0.2) is 30.3 Å². The normalized spacial score (nSPS) is 12.8. The number of carboxylic acid groups (broad SMARTS) is 2. The molecular formula is C25H38O6. The molecule has 1 unspecified atom stereocenters. The van der Waals surface area contributed by atoms with E-state index in [4.69, 9.17) is 4.74 Å². The van der Waals surface area contributed by atoms with Crippen molar-refractivity contribution in [3.8, 4) is 0 Å². The SMILES string of the molecule is CCCCCCCCCCCCCC(=O)OC(CC(=O)O)(Cc1ccccc1)C(=O)O. The van der Waals surface area contributed by atoms with Crippen LogP contribution in [0.2, 0.25) is 0 Å². The molecule has 0 saturated heterocycles. The monoisotopic (exact) mass is 434 g/mol. The van der Waals surface area contributed by atoms with Gasteiger partial charge >= 0.3 is 17.9 Å². The highest BCUT2D eigenvalue weighted by Crippen LogP contribution is 2.25. The predicted octanol–water partition coefficient (Wildman–Crippen LogP) is 5.77. The van der Waals surface area contributed by atoms with E-state index in [9.17, 15) is 24.6 Å². The van der Waals surface area contributed by atoms with Gasteiger partial charge in [0, 0.05) is 12.8 Å². The molecule has 0 spiro atoms. The fraction of sp³-hybridized carbons (Fsp3) is 0.640. The topological polar surface area (TPSA) is 101 Å². The molecule has 0 fully saturated rings. The van der Waals surface area contributed by atoms with Crippen LogP contribution in [-0.2, 0) is 25.5 Å². The Kier molecular flexibility index (Phi) is 13.3. The average Bonchev–Trinajstić information content (AvgIpc) is 2.72. The van der Waals surface area contributed by atoms with Crippen LogP contribution in [0.3, 0.4) is 0 Å². The number of carbonyl (C=O) groups excluding carboxylic acids is 1. The lowest BCUT2D eigenvalue weighted by Crippen LogP contribution is -2.47. The zero-order chi connectivity index (χ0) is 23.0. The molecule has 1 rings (SSSR count). The quantitative estimate of drug-likeness (QED) is 0.225. The summed E-state index contributed by atoms with van der Waals surface area (Å²) in [6.45, 7) is 2.22. The van der Waals surface area contributed by atoms with Crippen LogP contribution in [0.5, 0.6) is 0 Å². The van der Waals surface area contributed by atoms with Gasteiger partial charge in [-0.3, -0.25) is 9.59 Å². The third-order valence-electron chi connectivity index (χ3n) is 5.45.